The predicted octanol–water partition coefficient (Wildman–Crippen LogP) is 2.64. The van der Waals surface area contributed by atoms with E-state index in [0.29, 0.717) is 11.6 Å². The Morgan fingerprint density at radius 1 is 1.30 bits per heavy atom. The minimum Gasteiger partial charge on any atom is -0.315 e. The molecule has 2 aromatic rings. The summed E-state index contributed by atoms with van der Waals surface area (Å²) in [5.41, 5.74) is 1.89. The first kappa shape index (κ1) is 15.2. The van der Waals surface area contributed by atoms with Crippen molar-refractivity contribution in [1.29, 1.82) is 0 Å². The Balaban J connectivity index is 2.49. The lowest BCUT2D eigenvalue weighted by atomic mass is 10.1. The Hall–Kier alpha value is -1.24. The molecular formula is C14H18N2O2S2. The van der Waals surface area contributed by atoms with Crippen molar-refractivity contribution in [3.8, 4) is 11.3 Å². The van der Waals surface area contributed by atoms with Crippen LogP contribution < -0.4 is 5.32 Å². The van der Waals surface area contributed by atoms with Crippen LogP contribution in [0.2, 0.25) is 0 Å². The lowest BCUT2D eigenvalue weighted by Gasteiger charge is -2.04. The van der Waals surface area contributed by atoms with Crippen LogP contribution >= 0.6 is 11.3 Å². The molecule has 0 bridgehead atoms. The highest BCUT2D eigenvalue weighted by atomic mass is 32.2. The molecule has 1 aromatic heterocycles. The van der Waals surface area contributed by atoms with Gasteiger partial charge in [0.1, 0.15) is 10.3 Å². The van der Waals surface area contributed by atoms with Crippen molar-refractivity contribution < 1.29 is 8.42 Å². The first-order chi connectivity index (χ1) is 9.43. The zero-order valence-corrected chi connectivity index (χ0v) is 13.4. The van der Waals surface area contributed by atoms with E-state index in [1.54, 1.807) is 6.92 Å². The molecule has 0 saturated carbocycles. The maximum atomic E-state index is 11.7. The van der Waals surface area contributed by atoms with Crippen molar-refractivity contribution in [3.05, 3.63) is 40.2 Å². The highest BCUT2D eigenvalue weighted by Crippen LogP contribution is 2.33. The van der Waals surface area contributed by atoms with Crippen LogP contribution in [0.1, 0.15) is 22.1 Å². The number of sulfone groups is 1. The Bertz CT molecular complexity index is 678. The van der Waals surface area contributed by atoms with E-state index < -0.39 is 15.1 Å². The van der Waals surface area contributed by atoms with Gasteiger partial charge in [-0.25, -0.2) is 13.4 Å². The van der Waals surface area contributed by atoms with Crippen molar-refractivity contribution in [1.82, 2.24) is 10.3 Å². The minimum atomic E-state index is -3.13. The fraction of sp³-hybridized carbons (Fsp3) is 0.357. The third-order valence-electron chi connectivity index (χ3n) is 3.09. The van der Waals surface area contributed by atoms with E-state index in [0.717, 1.165) is 16.1 Å². The first-order valence-corrected chi connectivity index (χ1v) is 9.09. The molecule has 0 fully saturated rings. The van der Waals surface area contributed by atoms with E-state index in [1.165, 1.54) is 17.6 Å². The second kappa shape index (κ2) is 6.03. The molecule has 4 nitrogen and oxygen atoms in total. The predicted molar refractivity (Wildman–Crippen MR) is 83.6 cm³/mol. The van der Waals surface area contributed by atoms with E-state index >= 15 is 0 Å². The summed E-state index contributed by atoms with van der Waals surface area (Å²) in [6.45, 7) is 2.37. The minimum absolute atomic E-state index is 0.569. The van der Waals surface area contributed by atoms with Gasteiger partial charge in [-0.05, 0) is 14.0 Å². The summed E-state index contributed by atoms with van der Waals surface area (Å²) in [5, 5.41) is 3.19. The molecule has 108 valence electrons. The zero-order valence-electron chi connectivity index (χ0n) is 11.8. The molecule has 6 heteroatoms. The number of hydrogen-bond donors (Lipinski definition) is 1. The van der Waals surface area contributed by atoms with E-state index in [-0.39, 0.29) is 0 Å². The van der Waals surface area contributed by atoms with Gasteiger partial charge < -0.3 is 5.32 Å². The van der Waals surface area contributed by atoms with E-state index in [4.69, 9.17) is 0 Å². The SMILES string of the molecule is CNCc1sc(C(C)S(C)(=O)=O)nc1-c1ccccc1. The normalized spacial score (nSPS) is 13.3. The summed E-state index contributed by atoms with van der Waals surface area (Å²) in [6.07, 6.45) is 1.25. The van der Waals surface area contributed by atoms with Crippen molar-refractivity contribution in [3.63, 3.8) is 0 Å². The van der Waals surface area contributed by atoms with Crippen LogP contribution in [-0.4, -0.2) is 26.7 Å². The van der Waals surface area contributed by atoms with Gasteiger partial charge >= 0.3 is 0 Å². The van der Waals surface area contributed by atoms with Crippen LogP contribution in [0.3, 0.4) is 0 Å². The highest BCUT2D eigenvalue weighted by Gasteiger charge is 2.23. The summed E-state index contributed by atoms with van der Waals surface area (Å²) in [7, 11) is -1.26. The molecule has 0 aliphatic carbocycles. The number of aromatic nitrogens is 1. The van der Waals surface area contributed by atoms with Crippen LogP contribution in [0.15, 0.2) is 30.3 Å². The number of hydrogen-bond acceptors (Lipinski definition) is 5. The molecule has 0 radical (unpaired) electrons. The lowest BCUT2D eigenvalue weighted by Crippen LogP contribution is -2.07. The number of benzene rings is 1. The lowest BCUT2D eigenvalue weighted by molar-refractivity contribution is 0.592. The van der Waals surface area contributed by atoms with Gasteiger partial charge in [-0.2, -0.15) is 0 Å². The quantitative estimate of drug-likeness (QED) is 0.922. The molecular weight excluding hydrogens is 292 g/mol. The van der Waals surface area contributed by atoms with Crippen molar-refractivity contribution in [2.75, 3.05) is 13.3 Å². The molecule has 20 heavy (non-hydrogen) atoms. The van der Waals surface area contributed by atoms with Crippen LogP contribution in [0.25, 0.3) is 11.3 Å². The molecule has 1 heterocycles. The number of thiazole rings is 1. The van der Waals surface area contributed by atoms with Gasteiger partial charge in [0.2, 0.25) is 0 Å². The maximum absolute atomic E-state index is 11.7. The van der Waals surface area contributed by atoms with Gasteiger partial charge in [-0.3, -0.25) is 0 Å². The molecule has 0 spiro atoms. The summed E-state index contributed by atoms with van der Waals surface area (Å²) >= 11 is 1.46. The van der Waals surface area contributed by atoms with Crippen LogP contribution in [0, 0.1) is 0 Å². The first-order valence-electron chi connectivity index (χ1n) is 6.32. The van der Waals surface area contributed by atoms with Crippen molar-refractivity contribution in [2.24, 2.45) is 0 Å². The van der Waals surface area contributed by atoms with Gasteiger partial charge in [-0.15, -0.1) is 11.3 Å². The Morgan fingerprint density at radius 3 is 2.50 bits per heavy atom. The average molecular weight is 310 g/mol. The molecule has 0 amide bonds. The second-order valence-corrected chi connectivity index (χ2v) is 8.17. The van der Waals surface area contributed by atoms with Gasteiger partial charge in [0.05, 0.1) is 5.69 Å². The van der Waals surface area contributed by atoms with Crippen molar-refractivity contribution in [2.45, 2.75) is 18.7 Å². The Labute approximate surface area is 123 Å². The van der Waals surface area contributed by atoms with E-state index in [1.807, 2.05) is 37.4 Å². The fourth-order valence-electron chi connectivity index (χ4n) is 1.83. The standard InChI is InChI=1S/C14H18N2O2S2/c1-10(20(3,17)18)14-16-13(12(19-14)9-15-2)11-7-5-4-6-8-11/h4-8,10,15H,9H2,1-3H3. The molecule has 1 atom stereocenters. The summed E-state index contributed by atoms with van der Waals surface area (Å²) in [6, 6.07) is 9.84. The topological polar surface area (TPSA) is 59.1 Å². The second-order valence-electron chi connectivity index (χ2n) is 4.69. The third kappa shape index (κ3) is 3.26. The molecule has 0 aliphatic rings. The summed E-state index contributed by atoms with van der Waals surface area (Å²) < 4.78 is 23.4. The Kier molecular flexibility index (Phi) is 4.57. The maximum Gasteiger partial charge on any atom is 0.156 e. The molecule has 1 N–H and O–H groups in total. The van der Waals surface area contributed by atoms with E-state index in [2.05, 4.69) is 10.3 Å². The van der Waals surface area contributed by atoms with Gasteiger partial charge in [0, 0.05) is 23.2 Å². The monoisotopic (exact) mass is 310 g/mol. The largest absolute Gasteiger partial charge is 0.315 e. The molecule has 2 rings (SSSR count). The molecule has 1 unspecified atom stereocenters. The zero-order chi connectivity index (χ0) is 14.8. The van der Waals surface area contributed by atoms with Crippen molar-refractivity contribution >= 4 is 21.2 Å². The summed E-state index contributed by atoms with van der Waals surface area (Å²) in [5.74, 6) is 0. The average Bonchev–Trinajstić information content (AvgIpc) is 2.82. The molecule has 1 aromatic carbocycles. The smallest absolute Gasteiger partial charge is 0.156 e. The van der Waals surface area contributed by atoms with Gasteiger partial charge in [0.15, 0.2) is 9.84 Å². The highest BCUT2D eigenvalue weighted by molar-refractivity contribution is 7.91. The van der Waals surface area contributed by atoms with Crippen LogP contribution in [-0.2, 0) is 16.4 Å². The molecule has 0 saturated heterocycles. The number of nitrogens with zero attached hydrogens (tertiary/aromatic N) is 1. The number of rotatable bonds is 5. The summed E-state index contributed by atoms with van der Waals surface area (Å²) in [4.78, 5) is 5.62. The fourth-order valence-corrected chi connectivity index (χ4v) is 3.95. The van der Waals surface area contributed by atoms with Crippen LogP contribution in [0.5, 0.6) is 0 Å². The number of nitrogens with one attached hydrogen (secondary N) is 1. The third-order valence-corrected chi connectivity index (χ3v) is 5.98. The van der Waals surface area contributed by atoms with Gasteiger partial charge in [0.25, 0.3) is 0 Å². The van der Waals surface area contributed by atoms with E-state index in [9.17, 15) is 8.42 Å². The van der Waals surface area contributed by atoms with Gasteiger partial charge in [-0.1, -0.05) is 30.3 Å². The van der Waals surface area contributed by atoms with Crippen LogP contribution in [0.4, 0.5) is 0 Å². The molecule has 0 aliphatic heterocycles. The Morgan fingerprint density at radius 2 is 1.95 bits per heavy atom.